The van der Waals surface area contributed by atoms with Crippen LogP contribution in [0.25, 0.3) is 0 Å². The van der Waals surface area contributed by atoms with Crippen molar-refractivity contribution in [3.63, 3.8) is 0 Å². The van der Waals surface area contributed by atoms with Gasteiger partial charge in [0, 0.05) is 18.5 Å². The van der Waals surface area contributed by atoms with Gasteiger partial charge in [-0.05, 0) is 18.6 Å². The Balaban J connectivity index is 1.50. The third-order valence-electron chi connectivity index (χ3n) is 4.44. The molecule has 0 aliphatic carbocycles. The second-order valence-electron chi connectivity index (χ2n) is 6.23. The highest BCUT2D eigenvalue weighted by Crippen LogP contribution is 2.22. The topological polar surface area (TPSA) is 69.0 Å². The summed E-state index contributed by atoms with van der Waals surface area (Å²) in [5.41, 5.74) is 0.806. The molecule has 6 nitrogen and oxygen atoms in total. The lowest BCUT2D eigenvalue weighted by atomic mass is 10.1. The van der Waals surface area contributed by atoms with Crippen LogP contribution < -0.4 is 10.1 Å². The van der Waals surface area contributed by atoms with Gasteiger partial charge in [-0.15, -0.1) is 10.2 Å². The number of hydrogen-bond acceptors (Lipinski definition) is 4. The summed E-state index contributed by atoms with van der Waals surface area (Å²) in [4.78, 5) is 12.8. The van der Waals surface area contributed by atoms with Gasteiger partial charge in [-0.3, -0.25) is 4.79 Å². The molecule has 1 aromatic heterocycles. The molecular weight excluding hydrogens is 328 g/mol. The largest absolute Gasteiger partial charge is 0.476 e. The number of ether oxygens (including phenoxy) is 1. The molecule has 0 saturated carbocycles. The number of fused-ring (bicyclic) bond motifs is 1. The minimum atomic E-state index is -0.723. The lowest BCUT2D eigenvalue weighted by molar-refractivity contribution is -0.128. The number of benzene rings is 2. The highest BCUT2D eigenvalue weighted by molar-refractivity contribution is 5.82. The van der Waals surface area contributed by atoms with E-state index >= 15 is 0 Å². The van der Waals surface area contributed by atoms with E-state index in [-0.39, 0.29) is 5.91 Å². The summed E-state index contributed by atoms with van der Waals surface area (Å²) >= 11 is 0. The number of rotatable bonds is 6. The fraction of sp³-hybridized carbons (Fsp3) is 0.250. The molecule has 1 aliphatic rings. The highest BCUT2D eigenvalue weighted by Gasteiger charge is 2.24. The summed E-state index contributed by atoms with van der Waals surface area (Å²) in [6, 6.07) is 18.9. The van der Waals surface area contributed by atoms with E-state index in [4.69, 9.17) is 4.74 Å². The van der Waals surface area contributed by atoms with Crippen LogP contribution in [0.1, 0.15) is 29.7 Å². The van der Waals surface area contributed by atoms with Gasteiger partial charge in [-0.1, -0.05) is 48.5 Å². The maximum absolute atomic E-state index is 12.8. The maximum Gasteiger partial charge on any atom is 0.266 e. The molecule has 4 rings (SSSR count). The number of nitrogens with one attached hydrogen (secondary N) is 1. The molecule has 1 unspecified atom stereocenters. The standard InChI is InChI=1S/C20H20N4O2/c25-20(21-14-18-23-22-17-12-7-13-24(17)18)19(15-8-3-1-4-9-15)26-16-10-5-2-6-11-16/h1-6,8-11,19H,7,12-14H2,(H,21,25). The van der Waals surface area contributed by atoms with Crippen molar-refractivity contribution in [1.29, 1.82) is 0 Å². The Labute approximate surface area is 151 Å². The first kappa shape index (κ1) is 16.3. The molecule has 26 heavy (non-hydrogen) atoms. The van der Waals surface area contributed by atoms with Crippen LogP contribution in [0.4, 0.5) is 0 Å². The SMILES string of the molecule is O=C(NCc1nnc2n1CCC2)C(Oc1ccccc1)c1ccccc1. The summed E-state index contributed by atoms with van der Waals surface area (Å²) in [5.74, 6) is 2.24. The van der Waals surface area contributed by atoms with Gasteiger partial charge in [0.05, 0.1) is 6.54 Å². The van der Waals surface area contributed by atoms with Crippen molar-refractivity contribution in [3.8, 4) is 5.75 Å². The van der Waals surface area contributed by atoms with E-state index in [1.165, 1.54) is 0 Å². The summed E-state index contributed by atoms with van der Waals surface area (Å²) < 4.78 is 8.05. The van der Waals surface area contributed by atoms with Crippen LogP contribution in [0.2, 0.25) is 0 Å². The fourth-order valence-electron chi connectivity index (χ4n) is 3.14. The molecule has 6 heteroatoms. The van der Waals surface area contributed by atoms with Crippen LogP contribution in [0.5, 0.6) is 5.75 Å². The number of aromatic nitrogens is 3. The third kappa shape index (κ3) is 3.44. The maximum atomic E-state index is 12.8. The van der Waals surface area contributed by atoms with Crippen molar-refractivity contribution in [2.45, 2.75) is 32.0 Å². The summed E-state index contributed by atoms with van der Waals surface area (Å²) in [5, 5.41) is 11.3. The number of aryl methyl sites for hydroxylation is 1. The Hall–Kier alpha value is -3.15. The lowest BCUT2D eigenvalue weighted by Crippen LogP contribution is -2.32. The molecule has 2 heterocycles. The van der Waals surface area contributed by atoms with Crippen LogP contribution in [0.3, 0.4) is 0 Å². The zero-order valence-corrected chi connectivity index (χ0v) is 14.3. The van der Waals surface area contributed by atoms with E-state index < -0.39 is 6.10 Å². The lowest BCUT2D eigenvalue weighted by Gasteiger charge is -2.19. The normalized spacial score (nSPS) is 13.8. The van der Waals surface area contributed by atoms with Crippen molar-refractivity contribution < 1.29 is 9.53 Å². The average molecular weight is 348 g/mol. The number of nitrogens with zero attached hydrogens (tertiary/aromatic N) is 3. The molecule has 2 aromatic carbocycles. The zero-order chi connectivity index (χ0) is 17.8. The van der Waals surface area contributed by atoms with Gasteiger partial charge in [-0.25, -0.2) is 0 Å². The van der Waals surface area contributed by atoms with Gasteiger partial charge in [-0.2, -0.15) is 0 Å². The number of carbonyl (C=O) groups excluding carboxylic acids is 1. The molecule has 0 spiro atoms. The van der Waals surface area contributed by atoms with Gasteiger partial charge in [0.1, 0.15) is 11.6 Å². The summed E-state index contributed by atoms with van der Waals surface area (Å²) in [6.07, 6.45) is 1.31. The van der Waals surface area contributed by atoms with E-state index in [1.54, 1.807) is 0 Å². The average Bonchev–Trinajstić information content (AvgIpc) is 3.30. The molecule has 132 valence electrons. The van der Waals surface area contributed by atoms with Crippen molar-refractivity contribution in [2.24, 2.45) is 0 Å². The molecule has 0 bridgehead atoms. The first-order chi connectivity index (χ1) is 12.8. The Morgan fingerprint density at radius 1 is 1.08 bits per heavy atom. The van der Waals surface area contributed by atoms with Crippen LogP contribution in [-0.2, 0) is 24.3 Å². The van der Waals surface area contributed by atoms with Gasteiger partial charge < -0.3 is 14.6 Å². The number of carbonyl (C=O) groups is 1. The quantitative estimate of drug-likeness (QED) is 0.744. The zero-order valence-electron chi connectivity index (χ0n) is 14.3. The van der Waals surface area contributed by atoms with Crippen molar-refractivity contribution >= 4 is 5.91 Å². The molecule has 1 aliphatic heterocycles. The minimum Gasteiger partial charge on any atom is -0.476 e. The molecule has 1 amide bonds. The van der Waals surface area contributed by atoms with E-state index in [9.17, 15) is 4.79 Å². The summed E-state index contributed by atoms with van der Waals surface area (Å²) in [7, 11) is 0. The second-order valence-corrected chi connectivity index (χ2v) is 6.23. The number of amides is 1. The van der Waals surface area contributed by atoms with Gasteiger partial charge >= 0.3 is 0 Å². The molecule has 0 radical (unpaired) electrons. The third-order valence-corrected chi connectivity index (χ3v) is 4.44. The predicted octanol–water partition coefficient (Wildman–Crippen LogP) is 2.66. The first-order valence-electron chi connectivity index (χ1n) is 8.76. The molecular formula is C20H20N4O2. The number of para-hydroxylation sites is 1. The fourth-order valence-corrected chi connectivity index (χ4v) is 3.14. The predicted molar refractivity (Wildman–Crippen MR) is 96.4 cm³/mol. The number of hydrogen-bond donors (Lipinski definition) is 1. The Morgan fingerprint density at radius 2 is 1.81 bits per heavy atom. The Kier molecular flexibility index (Phi) is 4.64. The Morgan fingerprint density at radius 3 is 2.58 bits per heavy atom. The molecule has 0 fully saturated rings. The van der Waals surface area contributed by atoms with Gasteiger partial charge in [0.2, 0.25) is 6.10 Å². The van der Waals surface area contributed by atoms with Crippen LogP contribution in [0, 0.1) is 0 Å². The highest BCUT2D eigenvalue weighted by atomic mass is 16.5. The summed E-state index contributed by atoms with van der Waals surface area (Å²) in [6.45, 7) is 1.25. The van der Waals surface area contributed by atoms with Gasteiger partial charge in [0.15, 0.2) is 5.82 Å². The van der Waals surface area contributed by atoms with Crippen LogP contribution in [-0.4, -0.2) is 20.7 Å². The monoisotopic (exact) mass is 348 g/mol. The van der Waals surface area contributed by atoms with E-state index in [0.29, 0.717) is 12.3 Å². The van der Waals surface area contributed by atoms with E-state index in [0.717, 1.165) is 36.6 Å². The van der Waals surface area contributed by atoms with Gasteiger partial charge in [0.25, 0.3) is 5.91 Å². The van der Waals surface area contributed by atoms with Crippen LogP contribution in [0.15, 0.2) is 60.7 Å². The molecule has 1 atom stereocenters. The molecule has 1 N–H and O–H groups in total. The second kappa shape index (κ2) is 7.39. The van der Waals surface area contributed by atoms with Crippen molar-refractivity contribution in [2.75, 3.05) is 0 Å². The van der Waals surface area contributed by atoms with Crippen molar-refractivity contribution in [1.82, 2.24) is 20.1 Å². The van der Waals surface area contributed by atoms with E-state index in [1.807, 2.05) is 60.7 Å². The Bertz CT molecular complexity index is 877. The smallest absolute Gasteiger partial charge is 0.266 e. The first-order valence-corrected chi connectivity index (χ1v) is 8.76. The minimum absolute atomic E-state index is 0.199. The molecule has 0 saturated heterocycles. The van der Waals surface area contributed by atoms with E-state index in [2.05, 4.69) is 20.1 Å². The van der Waals surface area contributed by atoms with Crippen LogP contribution >= 0.6 is 0 Å². The van der Waals surface area contributed by atoms with Crippen molar-refractivity contribution in [3.05, 3.63) is 77.9 Å². The molecule has 3 aromatic rings.